The molecule has 0 bridgehead atoms. The molecule has 132 valence electrons. The number of halogens is 1. The molecule has 0 radical (unpaired) electrons. The molecule has 0 amide bonds. The van der Waals surface area contributed by atoms with E-state index in [4.69, 9.17) is 16.0 Å². The van der Waals surface area contributed by atoms with Gasteiger partial charge in [0.05, 0.1) is 5.39 Å². The van der Waals surface area contributed by atoms with Gasteiger partial charge in [0.1, 0.15) is 17.4 Å². The smallest absolute Gasteiger partial charge is 0.193 e. The van der Waals surface area contributed by atoms with E-state index < -0.39 is 6.04 Å². The van der Waals surface area contributed by atoms with Crippen molar-refractivity contribution < 1.29 is 9.21 Å². The van der Waals surface area contributed by atoms with Gasteiger partial charge >= 0.3 is 0 Å². The summed E-state index contributed by atoms with van der Waals surface area (Å²) >= 11 is 6.04. The average Bonchev–Trinajstić information content (AvgIpc) is 2.97. The number of nitrogens with zero attached hydrogens (tertiary/aromatic N) is 1. The third-order valence-corrected chi connectivity index (χ3v) is 5.97. The minimum absolute atomic E-state index is 0.0168. The molecule has 0 N–H and O–H groups in total. The lowest BCUT2D eigenvalue weighted by molar-refractivity contribution is -0.122. The van der Waals surface area contributed by atoms with Crippen LogP contribution in [0.2, 0.25) is 5.02 Å². The Kier molecular flexibility index (Phi) is 4.42. The van der Waals surface area contributed by atoms with Crippen molar-refractivity contribution in [3.63, 3.8) is 0 Å². The molecule has 2 aliphatic rings. The summed E-state index contributed by atoms with van der Waals surface area (Å²) in [6.07, 6.45) is 5.04. The normalized spacial score (nSPS) is 25.0. The van der Waals surface area contributed by atoms with Gasteiger partial charge in [0.25, 0.3) is 0 Å². The zero-order chi connectivity index (χ0) is 17.6. The van der Waals surface area contributed by atoms with Crippen LogP contribution in [0.3, 0.4) is 0 Å². The number of benzene rings is 1. The predicted molar refractivity (Wildman–Crippen MR) is 97.9 cm³/mol. The maximum atomic E-state index is 12.5. The zero-order valence-electron chi connectivity index (χ0n) is 14.3. The number of hydrogen-bond donors (Lipinski definition) is 0. The summed E-state index contributed by atoms with van der Waals surface area (Å²) in [5.74, 6) is 1.78. The van der Waals surface area contributed by atoms with Gasteiger partial charge in [-0.25, -0.2) is 0 Å². The second kappa shape index (κ2) is 6.58. The van der Waals surface area contributed by atoms with Crippen LogP contribution in [0.5, 0.6) is 0 Å². The molecule has 5 heteroatoms. The number of likely N-dealkylation sites (tertiary alicyclic amines) is 1. The van der Waals surface area contributed by atoms with Crippen LogP contribution < -0.4 is 5.43 Å². The standard InChI is InChI=1S/C20H22ClNO3/c1-12(23)20(22-10-13-4-2-3-5-14(13)11-22)19-9-17(24)16-7-6-15(21)8-18(16)25-19/h6-9,13-14,20H,2-5,10-11H2,1H3. The third-order valence-electron chi connectivity index (χ3n) is 5.73. The topological polar surface area (TPSA) is 50.5 Å². The number of rotatable bonds is 3. The number of fused-ring (bicyclic) bond motifs is 2. The van der Waals surface area contributed by atoms with Crippen LogP contribution >= 0.6 is 11.6 Å². The van der Waals surface area contributed by atoms with Crippen LogP contribution in [0.4, 0.5) is 0 Å². The van der Waals surface area contributed by atoms with E-state index in [-0.39, 0.29) is 11.2 Å². The Morgan fingerprint density at radius 1 is 1.20 bits per heavy atom. The summed E-state index contributed by atoms with van der Waals surface area (Å²) in [7, 11) is 0. The summed E-state index contributed by atoms with van der Waals surface area (Å²) in [6, 6.07) is 5.98. The van der Waals surface area contributed by atoms with Crippen molar-refractivity contribution in [1.82, 2.24) is 4.90 Å². The summed E-state index contributed by atoms with van der Waals surface area (Å²) in [4.78, 5) is 27.1. The minimum Gasteiger partial charge on any atom is -0.459 e. The molecule has 1 saturated carbocycles. The first-order valence-corrected chi connectivity index (χ1v) is 9.38. The molecule has 1 aromatic carbocycles. The Labute approximate surface area is 151 Å². The molecular formula is C20H22ClNO3. The predicted octanol–water partition coefficient (Wildman–Crippen LogP) is 4.20. The highest BCUT2D eigenvalue weighted by Crippen LogP contribution is 2.39. The molecule has 3 unspecified atom stereocenters. The van der Waals surface area contributed by atoms with Gasteiger partial charge in [-0.15, -0.1) is 0 Å². The largest absolute Gasteiger partial charge is 0.459 e. The number of hydrogen-bond acceptors (Lipinski definition) is 4. The first-order valence-electron chi connectivity index (χ1n) is 9.01. The van der Waals surface area contributed by atoms with E-state index in [0.29, 0.717) is 33.6 Å². The molecule has 3 atom stereocenters. The number of carbonyl (C=O) groups is 1. The molecule has 1 aliphatic heterocycles. The highest BCUT2D eigenvalue weighted by Gasteiger charge is 2.40. The lowest BCUT2D eigenvalue weighted by atomic mass is 9.82. The van der Waals surface area contributed by atoms with Gasteiger partial charge in [0, 0.05) is 30.2 Å². The first kappa shape index (κ1) is 16.8. The number of Topliss-reactive ketones (excluding diaryl/α,β-unsaturated/α-hetero) is 1. The first-order chi connectivity index (χ1) is 12.0. The molecule has 4 rings (SSSR count). The summed E-state index contributed by atoms with van der Waals surface area (Å²) in [5.41, 5.74) is 0.314. The van der Waals surface area contributed by atoms with Crippen molar-refractivity contribution in [3.05, 3.63) is 45.3 Å². The molecule has 2 fully saturated rings. The van der Waals surface area contributed by atoms with Crippen LogP contribution in [-0.4, -0.2) is 23.8 Å². The molecule has 0 spiro atoms. The highest BCUT2D eigenvalue weighted by molar-refractivity contribution is 6.31. The van der Waals surface area contributed by atoms with Crippen LogP contribution in [0.15, 0.2) is 33.5 Å². The van der Waals surface area contributed by atoms with Crippen molar-refractivity contribution >= 4 is 28.4 Å². The second-order valence-corrected chi connectivity index (χ2v) is 7.86. The number of carbonyl (C=O) groups excluding carboxylic acids is 1. The molecule has 4 nitrogen and oxygen atoms in total. The van der Waals surface area contributed by atoms with E-state index in [2.05, 4.69) is 4.90 Å². The fourth-order valence-electron chi connectivity index (χ4n) is 4.57. The number of ketones is 1. The zero-order valence-corrected chi connectivity index (χ0v) is 15.1. The van der Waals surface area contributed by atoms with Crippen molar-refractivity contribution in [1.29, 1.82) is 0 Å². The van der Waals surface area contributed by atoms with Gasteiger partial charge in [-0.3, -0.25) is 14.5 Å². The monoisotopic (exact) mass is 359 g/mol. The van der Waals surface area contributed by atoms with Gasteiger partial charge < -0.3 is 4.42 Å². The van der Waals surface area contributed by atoms with Gasteiger partial charge in [-0.1, -0.05) is 24.4 Å². The second-order valence-electron chi connectivity index (χ2n) is 7.43. The van der Waals surface area contributed by atoms with Gasteiger partial charge in [0.2, 0.25) is 0 Å². The fraction of sp³-hybridized carbons (Fsp3) is 0.500. The fourth-order valence-corrected chi connectivity index (χ4v) is 4.73. The van der Waals surface area contributed by atoms with Gasteiger partial charge in [-0.05, 0) is 43.7 Å². The molecule has 1 aromatic heterocycles. The Morgan fingerprint density at radius 3 is 2.52 bits per heavy atom. The molecule has 2 heterocycles. The quantitative estimate of drug-likeness (QED) is 0.824. The van der Waals surface area contributed by atoms with Crippen molar-refractivity contribution in [2.75, 3.05) is 13.1 Å². The SMILES string of the molecule is CC(=O)C(c1cc(=O)c2ccc(Cl)cc2o1)N1CC2CCCCC2C1. The van der Waals surface area contributed by atoms with E-state index in [9.17, 15) is 9.59 Å². The van der Waals surface area contributed by atoms with Crippen LogP contribution in [0.1, 0.15) is 44.4 Å². The lowest BCUT2D eigenvalue weighted by Crippen LogP contribution is -2.32. The Morgan fingerprint density at radius 2 is 1.88 bits per heavy atom. The molecule has 1 saturated heterocycles. The van der Waals surface area contributed by atoms with Gasteiger partial charge in [-0.2, -0.15) is 0 Å². The van der Waals surface area contributed by atoms with Crippen molar-refractivity contribution in [2.45, 2.75) is 38.6 Å². The van der Waals surface area contributed by atoms with E-state index >= 15 is 0 Å². The van der Waals surface area contributed by atoms with Crippen LogP contribution in [-0.2, 0) is 4.79 Å². The molecular weight excluding hydrogens is 338 g/mol. The Hall–Kier alpha value is -1.65. The van der Waals surface area contributed by atoms with Crippen LogP contribution in [0, 0.1) is 11.8 Å². The average molecular weight is 360 g/mol. The summed E-state index contributed by atoms with van der Waals surface area (Å²) in [5, 5.41) is 1.00. The Bertz CT molecular complexity index is 861. The highest BCUT2D eigenvalue weighted by atomic mass is 35.5. The van der Waals surface area contributed by atoms with Crippen molar-refractivity contribution in [2.24, 2.45) is 11.8 Å². The third kappa shape index (κ3) is 3.13. The maximum Gasteiger partial charge on any atom is 0.193 e. The van der Waals surface area contributed by atoms with Gasteiger partial charge in [0.15, 0.2) is 11.2 Å². The maximum absolute atomic E-state index is 12.5. The van der Waals surface area contributed by atoms with E-state index in [1.807, 2.05) is 0 Å². The molecule has 1 aliphatic carbocycles. The molecule has 25 heavy (non-hydrogen) atoms. The minimum atomic E-state index is -0.485. The summed E-state index contributed by atoms with van der Waals surface area (Å²) in [6.45, 7) is 3.40. The van der Waals surface area contributed by atoms with Crippen molar-refractivity contribution in [3.8, 4) is 0 Å². The van der Waals surface area contributed by atoms with E-state index in [1.54, 1.807) is 25.1 Å². The lowest BCUT2D eigenvalue weighted by Gasteiger charge is -2.25. The molecule has 2 aromatic rings. The van der Waals surface area contributed by atoms with E-state index in [1.165, 1.54) is 31.7 Å². The summed E-state index contributed by atoms with van der Waals surface area (Å²) < 4.78 is 5.97. The Balaban J connectivity index is 1.73. The van der Waals surface area contributed by atoms with Crippen LogP contribution in [0.25, 0.3) is 11.0 Å². The van der Waals surface area contributed by atoms with E-state index in [0.717, 1.165) is 13.1 Å².